The van der Waals surface area contributed by atoms with E-state index in [0.29, 0.717) is 37.1 Å². The summed E-state index contributed by atoms with van der Waals surface area (Å²) in [6, 6.07) is 7.23. The van der Waals surface area contributed by atoms with Crippen molar-refractivity contribution in [3.05, 3.63) is 80.6 Å². The zero-order valence-electron chi connectivity index (χ0n) is 26.1. The molecule has 5 rings (SSSR count). The SMILES string of the molecule is CC(C)CC(CNC(=O)[C@H]1CN(C2c3ccc(Cl)cc3CCc3cc(Br)cnc32)CCN1C(=O)OC(C)(C)C)c1cnc[nH]1. The van der Waals surface area contributed by atoms with E-state index in [2.05, 4.69) is 62.1 Å². The number of aromatic amines is 1. The third kappa shape index (κ3) is 7.64. The lowest BCUT2D eigenvalue weighted by Gasteiger charge is -2.44. The van der Waals surface area contributed by atoms with Gasteiger partial charge in [0.1, 0.15) is 11.6 Å². The van der Waals surface area contributed by atoms with Crippen LogP contribution < -0.4 is 5.32 Å². The van der Waals surface area contributed by atoms with Crippen molar-refractivity contribution in [3.8, 4) is 0 Å². The molecule has 2 unspecified atom stereocenters. The van der Waals surface area contributed by atoms with Gasteiger partial charge in [0.2, 0.25) is 5.91 Å². The smallest absolute Gasteiger partial charge is 0.411 e. The van der Waals surface area contributed by atoms with Gasteiger partial charge in [-0.3, -0.25) is 19.6 Å². The van der Waals surface area contributed by atoms with Gasteiger partial charge in [0.05, 0.1) is 18.1 Å². The molecule has 1 fully saturated rings. The van der Waals surface area contributed by atoms with Crippen LogP contribution in [-0.2, 0) is 22.4 Å². The average Bonchev–Trinajstić information content (AvgIpc) is 3.44. The molecule has 2 aliphatic rings. The second kappa shape index (κ2) is 13.6. The molecule has 3 heterocycles. The standard InChI is InChI=1S/C33H42BrClN6O3/c1-20(2)12-23(27-17-36-19-39-27)15-38-31(42)28-18-40(10-11-41(28)32(43)44-33(3,4)5)30-26-9-8-25(35)14-21(26)6-7-22-13-24(34)16-37-29(22)30/h8-9,13-14,16-17,19-20,23,28,30H,6-7,10-12,15,18H2,1-5H3,(H,36,39)(H,38,42)/t23?,28-,30?/m1/s1. The van der Waals surface area contributed by atoms with Crippen LogP contribution in [0.5, 0.6) is 0 Å². The number of aryl methyl sites for hydroxylation is 2. The molecule has 0 saturated carbocycles. The third-order valence-corrected chi connectivity index (χ3v) is 8.90. The largest absolute Gasteiger partial charge is 0.444 e. The average molecular weight is 686 g/mol. The van der Waals surface area contributed by atoms with Gasteiger partial charge in [-0.2, -0.15) is 0 Å². The van der Waals surface area contributed by atoms with Gasteiger partial charge in [-0.25, -0.2) is 9.78 Å². The summed E-state index contributed by atoms with van der Waals surface area (Å²) in [5, 5.41) is 3.88. The van der Waals surface area contributed by atoms with Crippen LogP contribution in [0.4, 0.5) is 4.79 Å². The molecule has 236 valence electrons. The summed E-state index contributed by atoms with van der Waals surface area (Å²) in [6.45, 7) is 11.5. The fraction of sp³-hybridized carbons (Fsp3) is 0.515. The molecule has 0 spiro atoms. The summed E-state index contributed by atoms with van der Waals surface area (Å²) in [7, 11) is 0. The Kier molecular flexibility index (Phi) is 10.0. The van der Waals surface area contributed by atoms with Gasteiger partial charge >= 0.3 is 6.09 Å². The number of H-pyrrole nitrogens is 1. The number of rotatable bonds is 7. The number of nitrogens with one attached hydrogen (secondary N) is 2. The van der Waals surface area contributed by atoms with Crippen LogP contribution in [0.25, 0.3) is 0 Å². The first-order valence-corrected chi connectivity index (χ1v) is 16.5. The molecule has 11 heteroatoms. The summed E-state index contributed by atoms with van der Waals surface area (Å²) >= 11 is 10.0. The number of aromatic nitrogens is 3. The van der Waals surface area contributed by atoms with Crippen molar-refractivity contribution < 1.29 is 14.3 Å². The lowest BCUT2D eigenvalue weighted by molar-refractivity contribution is -0.129. The van der Waals surface area contributed by atoms with Gasteiger partial charge in [0.15, 0.2) is 0 Å². The fourth-order valence-electron chi connectivity index (χ4n) is 6.30. The van der Waals surface area contributed by atoms with Gasteiger partial charge < -0.3 is 15.0 Å². The Labute approximate surface area is 273 Å². The predicted octanol–water partition coefficient (Wildman–Crippen LogP) is 6.28. The highest BCUT2D eigenvalue weighted by Crippen LogP contribution is 2.38. The summed E-state index contributed by atoms with van der Waals surface area (Å²) in [6.07, 6.45) is 7.37. The van der Waals surface area contributed by atoms with Crippen LogP contribution in [0.3, 0.4) is 0 Å². The molecule has 1 aliphatic heterocycles. The van der Waals surface area contributed by atoms with E-state index in [1.165, 1.54) is 5.56 Å². The molecule has 0 radical (unpaired) electrons. The highest BCUT2D eigenvalue weighted by atomic mass is 79.9. The number of nitrogens with zero attached hydrogens (tertiary/aromatic N) is 4. The predicted molar refractivity (Wildman–Crippen MR) is 175 cm³/mol. The van der Waals surface area contributed by atoms with Crippen molar-refractivity contribution in [2.24, 2.45) is 5.92 Å². The number of halogens is 2. The van der Waals surface area contributed by atoms with E-state index in [4.69, 9.17) is 21.3 Å². The lowest BCUT2D eigenvalue weighted by atomic mass is 9.94. The monoisotopic (exact) mass is 684 g/mol. The van der Waals surface area contributed by atoms with Crippen molar-refractivity contribution in [1.82, 2.24) is 30.1 Å². The van der Waals surface area contributed by atoms with E-state index in [0.717, 1.165) is 46.2 Å². The molecular formula is C33H42BrClN6O3. The summed E-state index contributed by atoms with van der Waals surface area (Å²) in [5.41, 5.74) is 4.72. The second-order valence-corrected chi connectivity index (χ2v) is 14.6. The van der Waals surface area contributed by atoms with Crippen LogP contribution >= 0.6 is 27.5 Å². The Morgan fingerprint density at radius 1 is 1.16 bits per heavy atom. The molecule has 1 aromatic carbocycles. The van der Waals surface area contributed by atoms with Crippen molar-refractivity contribution in [2.75, 3.05) is 26.2 Å². The maximum Gasteiger partial charge on any atom is 0.411 e. The number of pyridine rings is 1. The molecule has 9 nitrogen and oxygen atoms in total. The van der Waals surface area contributed by atoms with Gasteiger partial charge in [-0.05, 0) is 96.8 Å². The van der Waals surface area contributed by atoms with E-state index in [1.807, 2.05) is 45.3 Å². The Morgan fingerprint density at radius 3 is 2.64 bits per heavy atom. The number of amides is 2. The van der Waals surface area contributed by atoms with Crippen molar-refractivity contribution in [3.63, 3.8) is 0 Å². The number of ether oxygens (including phenoxy) is 1. The quantitative estimate of drug-likeness (QED) is 0.304. The maximum absolute atomic E-state index is 14.1. The first-order chi connectivity index (χ1) is 20.9. The zero-order chi connectivity index (χ0) is 31.6. The van der Waals surface area contributed by atoms with Crippen LogP contribution in [0.15, 0.2) is 47.5 Å². The Hall–Kier alpha value is -2.95. The first-order valence-electron chi connectivity index (χ1n) is 15.3. The number of hydrogen-bond donors (Lipinski definition) is 2. The highest BCUT2D eigenvalue weighted by molar-refractivity contribution is 9.10. The van der Waals surface area contributed by atoms with Crippen molar-refractivity contribution in [1.29, 1.82) is 0 Å². The molecule has 2 amide bonds. The Bertz CT molecular complexity index is 1420. The summed E-state index contributed by atoms with van der Waals surface area (Å²) in [4.78, 5) is 43.7. The Morgan fingerprint density at radius 2 is 1.93 bits per heavy atom. The Balaban J connectivity index is 1.46. The summed E-state index contributed by atoms with van der Waals surface area (Å²) < 4.78 is 6.71. The minimum Gasteiger partial charge on any atom is -0.444 e. The minimum absolute atomic E-state index is 0.0733. The lowest BCUT2D eigenvalue weighted by Crippen LogP contribution is -2.62. The van der Waals surface area contributed by atoms with Gasteiger partial charge in [0.25, 0.3) is 0 Å². The molecule has 3 atom stereocenters. The number of fused-ring (bicyclic) bond motifs is 2. The molecule has 44 heavy (non-hydrogen) atoms. The van der Waals surface area contributed by atoms with Crippen LogP contribution in [0.1, 0.15) is 81.1 Å². The van der Waals surface area contributed by atoms with Gasteiger partial charge in [-0.15, -0.1) is 0 Å². The van der Waals surface area contributed by atoms with E-state index in [1.54, 1.807) is 11.2 Å². The molecule has 1 aliphatic carbocycles. The molecule has 1 saturated heterocycles. The number of carbonyl (C=O) groups is 2. The van der Waals surface area contributed by atoms with Gasteiger partial charge in [0, 0.05) is 59.7 Å². The summed E-state index contributed by atoms with van der Waals surface area (Å²) in [5.74, 6) is 0.298. The second-order valence-electron chi connectivity index (χ2n) is 13.2. The van der Waals surface area contributed by atoms with E-state index >= 15 is 0 Å². The maximum atomic E-state index is 14.1. The number of hydrogen-bond acceptors (Lipinski definition) is 6. The van der Waals surface area contributed by atoms with Gasteiger partial charge in [-0.1, -0.05) is 31.5 Å². The zero-order valence-corrected chi connectivity index (χ0v) is 28.4. The number of piperazine rings is 1. The van der Waals surface area contributed by atoms with E-state index in [-0.39, 0.29) is 17.9 Å². The molecule has 2 aromatic heterocycles. The van der Waals surface area contributed by atoms with E-state index < -0.39 is 17.7 Å². The molecule has 3 aromatic rings. The van der Waals surface area contributed by atoms with Crippen LogP contribution in [0, 0.1) is 5.92 Å². The fourth-order valence-corrected chi connectivity index (χ4v) is 6.88. The van der Waals surface area contributed by atoms with Crippen molar-refractivity contribution in [2.45, 2.75) is 77.5 Å². The van der Waals surface area contributed by atoms with Crippen LogP contribution in [-0.4, -0.2) is 74.6 Å². The first kappa shape index (κ1) is 32.4. The molecular weight excluding hydrogens is 644 g/mol. The number of carbonyl (C=O) groups excluding carboxylic acids is 2. The molecule has 0 bridgehead atoms. The van der Waals surface area contributed by atoms with E-state index in [9.17, 15) is 9.59 Å². The third-order valence-electron chi connectivity index (χ3n) is 8.24. The topological polar surface area (TPSA) is 103 Å². The minimum atomic E-state index is -0.752. The molecule has 2 N–H and O–H groups in total. The van der Waals surface area contributed by atoms with Crippen LogP contribution in [0.2, 0.25) is 5.02 Å². The normalized spacial score (nSPS) is 19.6. The number of imidazole rings is 1. The number of benzene rings is 1. The van der Waals surface area contributed by atoms with Crippen molar-refractivity contribution >= 4 is 39.5 Å². The highest BCUT2D eigenvalue weighted by Gasteiger charge is 2.42.